The quantitative estimate of drug-likeness (QED) is 0.538. The molecule has 2 aromatic carbocycles. The Bertz CT molecular complexity index is 1290. The van der Waals surface area contributed by atoms with Gasteiger partial charge >= 0.3 is 6.18 Å². The molecular formula is C27H27F3N4O3. The summed E-state index contributed by atoms with van der Waals surface area (Å²) in [5, 5.41) is 2.94. The Labute approximate surface area is 212 Å². The van der Waals surface area contributed by atoms with Crippen LogP contribution in [0.4, 0.5) is 30.4 Å². The second-order valence-electron chi connectivity index (χ2n) is 9.11. The van der Waals surface area contributed by atoms with Gasteiger partial charge in [0, 0.05) is 43.3 Å². The molecule has 7 nitrogen and oxygen atoms in total. The van der Waals surface area contributed by atoms with E-state index in [0.29, 0.717) is 42.4 Å². The van der Waals surface area contributed by atoms with E-state index < -0.39 is 17.7 Å². The Kier molecular flexibility index (Phi) is 6.57. The highest BCUT2D eigenvalue weighted by molar-refractivity contribution is 5.94. The molecule has 37 heavy (non-hydrogen) atoms. The minimum absolute atomic E-state index is 0.190. The largest absolute Gasteiger partial charge is 0.493 e. The Morgan fingerprint density at radius 3 is 2.54 bits per heavy atom. The van der Waals surface area contributed by atoms with Gasteiger partial charge in [0.05, 0.1) is 31.7 Å². The van der Waals surface area contributed by atoms with Gasteiger partial charge in [-0.3, -0.25) is 4.79 Å². The summed E-state index contributed by atoms with van der Waals surface area (Å²) in [5.74, 6) is 0.934. The summed E-state index contributed by atoms with van der Waals surface area (Å²) in [6.07, 6.45) is -2.55. The van der Waals surface area contributed by atoms with Gasteiger partial charge in [-0.25, -0.2) is 4.98 Å². The average molecular weight is 513 g/mol. The van der Waals surface area contributed by atoms with Crippen molar-refractivity contribution in [1.29, 1.82) is 0 Å². The van der Waals surface area contributed by atoms with Gasteiger partial charge < -0.3 is 24.6 Å². The summed E-state index contributed by atoms with van der Waals surface area (Å²) in [7, 11) is 3.03. The van der Waals surface area contributed by atoms with E-state index >= 15 is 0 Å². The lowest BCUT2D eigenvalue weighted by Gasteiger charge is -2.49. The minimum atomic E-state index is -4.46. The van der Waals surface area contributed by atoms with Crippen LogP contribution in [0, 0.1) is 5.92 Å². The highest BCUT2D eigenvalue weighted by Crippen LogP contribution is 2.40. The van der Waals surface area contributed by atoms with Crippen molar-refractivity contribution in [3.05, 3.63) is 71.9 Å². The zero-order chi connectivity index (χ0) is 26.2. The molecule has 3 heterocycles. The molecular weight excluding hydrogens is 485 g/mol. The Balaban J connectivity index is 1.48. The zero-order valence-corrected chi connectivity index (χ0v) is 20.5. The minimum Gasteiger partial charge on any atom is -0.493 e. The number of fused-ring (bicyclic) bond motifs is 3. The van der Waals surface area contributed by atoms with Gasteiger partial charge in [-0.1, -0.05) is 6.07 Å². The maximum absolute atomic E-state index is 13.6. The molecule has 3 aromatic rings. The fourth-order valence-corrected chi connectivity index (χ4v) is 5.20. The van der Waals surface area contributed by atoms with Crippen molar-refractivity contribution < 1.29 is 27.4 Å². The SMILES string of the molecule is COc1ccc(NC(=O)C2Cc3cc(C(F)(F)F)ccc3N3CCN(c4ccccn4)CC23)cc1OC. The second-order valence-corrected chi connectivity index (χ2v) is 9.11. The zero-order valence-electron chi connectivity index (χ0n) is 20.5. The molecule has 2 unspecified atom stereocenters. The molecule has 2 aliphatic heterocycles. The molecule has 0 spiro atoms. The third kappa shape index (κ3) is 4.87. The van der Waals surface area contributed by atoms with Crippen LogP contribution in [-0.2, 0) is 17.4 Å². The van der Waals surface area contributed by atoms with Crippen molar-refractivity contribution in [3.63, 3.8) is 0 Å². The van der Waals surface area contributed by atoms with E-state index in [4.69, 9.17) is 9.47 Å². The van der Waals surface area contributed by atoms with Crippen LogP contribution in [0.2, 0.25) is 0 Å². The van der Waals surface area contributed by atoms with E-state index in [1.54, 1.807) is 24.4 Å². The third-order valence-corrected chi connectivity index (χ3v) is 7.00. The van der Waals surface area contributed by atoms with E-state index in [1.807, 2.05) is 18.2 Å². The van der Waals surface area contributed by atoms with Crippen LogP contribution >= 0.6 is 0 Å². The first-order valence-corrected chi connectivity index (χ1v) is 11.9. The molecule has 1 amide bonds. The Hall–Kier alpha value is -3.95. The monoisotopic (exact) mass is 512 g/mol. The number of alkyl halides is 3. The van der Waals surface area contributed by atoms with Crippen LogP contribution < -0.4 is 24.6 Å². The summed E-state index contributed by atoms with van der Waals surface area (Å²) < 4.78 is 51.0. The fourth-order valence-electron chi connectivity index (χ4n) is 5.20. The molecule has 2 aliphatic rings. The number of hydrogen-bond acceptors (Lipinski definition) is 6. The molecule has 0 bridgehead atoms. The molecule has 1 fully saturated rings. The third-order valence-electron chi connectivity index (χ3n) is 7.00. The van der Waals surface area contributed by atoms with E-state index in [1.165, 1.54) is 26.4 Å². The predicted molar refractivity (Wildman–Crippen MR) is 134 cm³/mol. The van der Waals surface area contributed by atoms with E-state index in [0.717, 1.165) is 17.6 Å². The van der Waals surface area contributed by atoms with Gasteiger partial charge in [0.25, 0.3) is 0 Å². The lowest BCUT2D eigenvalue weighted by molar-refractivity contribution is -0.137. The van der Waals surface area contributed by atoms with Gasteiger partial charge in [0.1, 0.15) is 5.82 Å². The number of anilines is 3. The standard InChI is InChI=1S/C27H27F3N4O3/c1-36-23-9-7-19(15-24(23)37-2)32-26(35)20-14-17-13-18(27(28,29)30)6-8-21(17)34-12-11-33(16-22(20)34)25-5-3-4-10-31-25/h3-10,13,15,20,22H,11-12,14,16H2,1-2H3,(H,32,35). The first-order valence-electron chi connectivity index (χ1n) is 11.9. The lowest BCUT2D eigenvalue weighted by Crippen LogP contribution is -2.60. The maximum Gasteiger partial charge on any atom is 0.416 e. The number of hydrogen-bond donors (Lipinski definition) is 1. The van der Waals surface area contributed by atoms with Crippen LogP contribution in [0.25, 0.3) is 0 Å². The number of nitrogens with zero attached hydrogens (tertiary/aromatic N) is 3. The molecule has 0 saturated carbocycles. The molecule has 194 valence electrons. The van der Waals surface area contributed by atoms with Crippen molar-refractivity contribution in [1.82, 2.24) is 4.98 Å². The number of benzene rings is 2. The predicted octanol–water partition coefficient (Wildman–Crippen LogP) is 4.62. The van der Waals surface area contributed by atoms with Gasteiger partial charge in [-0.05, 0) is 54.4 Å². The van der Waals surface area contributed by atoms with Crippen molar-refractivity contribution in [2.24, 2.45) is 5.92 Å². The number of aromatic nitrogens is 1. The molecule has 1 N–H and O–H groups in total. The molecule has 2 atom stereocenters. The molecule has 0 aliphatic carbocycles. The summed E-state index contributed by atoms with van der Waals surface area (Å²) >= 11 is 0. The summed E-state index contributed by atoms with van der Waals surface area (Å²) in [6, 6.07) is 14.3. The van der Waals surface area contributed by atoms with Crippen LogP contribution in [0.15, 0.2) is 60.8 Å². The molecule has 5 rings (SSSR count). The highest BCUT2D eigenvalue weighted by Gasteiger charge is 2.43. The second kappa shape index (κ2) is 9.84. The fraction of sp³-hybridized carbons (Fsp3) is 0.333. The number of nitrogens with one attached hydrogen (secondary N) is 1. The smallest absolute Gasteiger partial charge is 0.416 e. The van der Waals surface area contributed by atoms with Gasteiger partial charge in [0.2, 0.25) is 5.91 Å². The van der Waals surface area contributed by atoms with Crippen LogP contribution in [-0.4, -0.2) is 50.8 Å². The number of methoxy groups -OCH3 is 2. The molecule has 10 heteroatoms. The van der Waals surface area contributed by atoms with Gasteiger partial charge in [-0.2, -0.15) is 13.2 Å². The lowest BCUT2D eigenvalue weighted by atomic mass is 9.82. The van der Waals surface area contributed by atoms with Gasteiger partial charge in [-0.15, -0.1) is 0 Å². The van der Waals surface area contributed by atoms with E-state index in [9.17, 15) is 18.0 Å². The molecule has 0 radical (unpaired) electrons. The van der Waals surface area contributed by atoms with E-state index in [-0.39, 0.29) is 18.4 Å². The van der Waals surface area contributed by atoms with Crippen molar-refractivity contribution in [3.8, 4) is 11.5 Å². The number of amides is 1. The first-order chi connectivity index (χ1) is 17.8. The number of rotatable bonds is 5. The maximum atomic E-state index is 13.6. The Morgan fingerprint density at radius 1 is 1.03 bits per heavy atom. The number of halogens is 3. The van der Waals surface area contributed by atoms with Crippen molar-refractivity contribution in [2.75, 3.05) is 49.0 Å². The van der Waals surface area contributed by atoms with Gasteiger partial charge in [0.15, 0.2) is 11.5 Å². The van der Waals surface area contributed by atoms with Crippen LogP contribution in [0.3, 0.4) is 0 Å². The highest BCUT2D eigenvalue weighted by atomic mass is 19.4. The van der Waals surface area contributed by atoms with Crippen molar-refractivity contribution >= 4 is 23.1 Å². The first kappa shape index (κ1) is 24.7. The number of carbonyl (C=O) groups is 1. The van der Waals surface area contributed by atoms with Crippen LogP contribution in [0.5, 0.6) is 11.5 Å². The van der Waals surface area contributed by atoms with Crippen LogP contribution in [0.1, 0.15) is 11.1 Å². The number of ether oxygens (including phenoxy) is 2. The molecule has 1 saturated heterocycles. The summed E-state index contributed by atoms with van der Waals surface area (Å²) in [6.45, 7) is 1.71. The normalized spacial score (nSPS) is 19.1. The Morgan fingerprint density at radius 2 is 1.84 bits per heavy atom. The molecule has 1 aromatic heterocycles. The summed E-state index contributed by atoms with van der Waals surface area (Å²) in [4.78, 5) is 22.3. The topological polar surface area (TPSA) is 66.9 Å². The number of pyridine rings is 1. The van der Waals surface area contributed by atoms with E-state index in [2.05, 4.69) is 20.1 Å². The summed E-state index contributed by atoms with van der Waals surface area (Å²) in [5.41, 5.74) is 1.07. The average Bonchev–Trinajstić information content (AvgIpc) is 2.91. The van der Waals surface area contributed by atoms with Crippen molar-refractivity contribution in [2.45, 2.75) is 18.6 Å². The number of carbonyl (C=O) groups excluding carboxylic acids is 1. The number of piperazine rings is 1.